The van der Waals surface area contributed by atoms with Crippen LogP contribution in [0.3, 0.4) is 0 Å². The van der Waals surface area contributed by atoms with E-state index in [9.17, 15) is 0 Å². The van der Waals surface area contributed by atoms with Gasteiger partial charge in [0.1, 0.15) is 0 Å². The first-order valence-corrected chi connectivity index (χ1v) is 21.4. The largest absolute Gasteiger partial charge is 0.308 e. The quantitative estimate of drug-likeness (QED) is 0.152. The lowest BCUT2D eigenvalue weighted by molar-refractivity contribution is 1.32. The number of anilines is 3. The van der Waals surface area contributed by atoms with E-state index in [0.717, 1.165) is 11.4 Å². The Morgan fingerprint density at radius 2 is 0.800 bits per heavy atom. The molecule has 0 fully saturated rings. The van der Waals surface area contributed by atoms with Crippen LogP contribution in [0.1, 0.15) is 0 Å². The zero-order valence-electron chi connectivity index (χ0n) is 32.7. The van der Waals surface area contributed by atoms with Crippen LogP contribution in [-0.4, -0.2) is 0 Å². The molecular formula is C58H37NS. The van der Waals surface area contributed by atoms with Gasteiger partial charge >= 0.3 is 0 Å². The maximum Gasteiger partial charge on any atom is 0.0640 e. The van der Waals surface area contributed by atoms with Crippen molar-refractivity contribution in [3.05, 3.63) is 224 Å². The summed E-state index contributed by atoms with van der Waals surface area (Å²) in [6.07, 6.45) is 0. The minimum Gasteiger partial charge on any atom is -0.308 e. The van der Waals surface area contributed by atoms with Crippen molar-refractivity contribution < 1.29 is 0 Å². The number of hydrogen-bond donors (Lipinski definition) is 0. The lowest BCUT2D eigenvalue weighted by atomic mass is 9.92. The summed E-state index contributed by atoms with van der Waals surface area (Å²) >= 11 is 1.90. The van der Waals surface area contributed by atoms with Crippen molar-refractivity contribution in [1.82, 2.24) is 0 Å². The Morgan fingerprint density at radius 1 is 0.250 bits per heavy atom. The Labute approximate surface area is 352 Å². The summed E-state index contributed by atoms with van der Waals surface area (Å²) in [7, 11) is 0. The van der Waals surface area contributed by atoms with Crippen molar-refractivity contribution in [3.8, 4) is 33.4 Å². The molecule has 0 unspecified atom stereocenters. The first-order valence-electron chi connectivity index (χ1n) is 20.6. The van der Waals surface area contributed by atoms with Crippen LogP contribution >= 0.6 is 11.3 Å². The molecule has 11 aromatic carbocycles. The molecule has 1 aromatic heterocycles. The Morgan fingerprint density at radius 3 is 1.60 bits per heavy atom. The van der Waals surface area contributed by atoms with Gasteiger partial charge in [0.25, 0.3) is 0 Å². The third-order valence-corrected chi connectivity index (χ3v) is 13.5. The Kier molecular flexibility index (Phi) is 8.11. The van der Waals surface area contributed by atoms with E-state index in [2.05, 4.69) is 229 Å². The molecule has 0 aliphatic carbocycles. The van der Waals surface area contributed by atoms with Crippen LogP contribution in [0.2, 0.25) is 0 Å². The fraction of sp³-hybridized carbons (Fsp3) is 0. The van der Waals surface area contributed by atoms with Crippen LogP contribution in [0.25, 0.3) is 96.6 Å². The second-order valence-corrected chi connectivity index (χ2v) is 16.6. The molecule has 1 heterocycles. The second-order valence-electron chi connectivity index (χ2n) is 15.6. The van der Waals surface area contributed by atoms with Gasteiger partial charge in [-0.15, -0.1) is 11.3 Å². The predicted molar refractivity (Wildman–Crippen MR) is 260 cm³/mol. The van der Waals surface area contributed by atoms with Gasteiger partial charge in [0, 0.05) is 26.4 Å². The molecule has 1 nitrogen and oxygen atoms in total. The highest BCUT2D eigenvalue weighted by Gasteiger charge is 2.24. The minimum absolute atomic E-state index is 1.13. The first-order chi connectivity index (χ1) is 29.8. The second kappa shape index (κ2) is 14.1. The molecule has 0 atom stereocenters. The van der Waals surface area contributed by atoms with Crippen molar-refractivity contribution >= 4 is 91.7 Å². The topological polar surface area (TPSA) is 3.24 Å². The van der Waals surface area contributed by atoms with E-state index in [1.54, 1.807) is 0 Å². The van der Waals surface area contributed by atoms with E-state index in [0.29, 0.717) is 0 Å². The minimum atomic E-state index is 1.13. The first kappa shape index (κ1) is 34.5. The molecule has 12 rings (SSSR count). The van der Waals surface area contributed by atoms with E-state index in [-0.39, 0.29) is 0 Å². The molecule has 0 saturated heterocycles. The number of benzene rings is 11. The summed E-state index contributed by atoms with van der Waals surface area (Å²) in [6.45, 7) is 0. The Balaban J connectivity index is 1.08. The van der Waals surface area contributed by atoms with Gasteiger partial charge in [0.2, 0.25) is 0 Å². The lowest BCUT2D eigenvalue weighted by Crippen LogP contribution is -2.12. The van der Waals surface area contributed by atoms with E-state index < -0.39 is 0 Å². The van der Waals surface area contributed by atoms with Crippen LogP contribution in [-0.2, 0) is 0 Å². The standard InChI is InChI=1S/C58H37NS/c1-2-15-38(16-3-1)44-35-36-55(50-25-11-10-23-48(44)50)59(56-28-14-26-51-52-34-33-39-17-4-7-21-46(39)57(52)60-58(51)56)54-27-13-12-20-45(54)40-29-31-41(32-30-40)53-37-42-18-5-6-19-43(42)47-22-8-9-24-49(47)53/h1-37H. The molecule has 0 aliphatic rings. The van der Waals surface area contributed by atoms with Gasteiger partial charge in [-0.3, -0.25) is 0 Å². The summed E-state index contributed by atoms with van der Waals surface area (Å²) in [4.78, 5) is 2.52. The molecule has 0 bridgehead atoms. The third kappa shape index (κ3) is 5.53. The van der Waals surface area contributed by atoms with Crippen LogP contribution in [0.5, 0.6) is 0 Å². The van der Waals surface area contributed by atoms with Gasteiger partial charge in [0.05, 0.1) is 21.8 Å². The van der Waals surface area contributed by atoms with Gasteiger partial charge in [-0.2, -0.15) is 0 Å². The van der Waals surface area contributed by atoms with Crippen LogP contribution in [0.4, 0.5) is 17.1 Å². The molecule has 60 heavy (non-hydrogen) atoms. The van der Waals surface area contributed by atoms with E-state index in [1.165, 1.54) is 102 Å². The Bertz CT molecular complexity index is 3600. The average molecular weight is 780 g/mol. The van der Waals surface area contributed by atoms with Crippen molar-refractivity contribution in [2.75, 3.05) is 4.90 Å². The molecule has 0 amide bonds. The summed E-state index contributed by atoms with van der Waals surface area (Å²) in [5.74, 6) is 0. The number of para-hydroxylation sites is 1. The van der Waals surface area contributed by atoms with E-state index in [1.807, 2.05) is 11.3 Å². The summed E-state index contributed by atoms with van der Waals surface area (Å²) in [5, 5.41) is 12.7. The maximum atomic E-state index is 2.52. The maximum absolute atomic E-state index is 2.52. The monoisotopic (exact) mass is 779 g/mol. The van der Waals surface area contributed by atoms with Gasteiger partial charge in [-0.05, 0) is 89.8 Å². The molecule has 280 valence electrons. The number of thiophene rings is 1. The van der Waals surface area contributed by atoms with Crippen LogP contribution in [0, 0.1) is 0 Å². The number of rotatable bonds is 6. The highest BCUT2D eigenvalue weighted by atomic mass is 32.1. The molecule has 0 radical (unpaired) electrons. The van der Waals surface area contributed by atoms with Crippen molar-refractivity contribution in [3.63, 3.8) is 0 Å². The highest BCUT2D eigenvalue weighted by molar-refractivity contribution is 7.27. The van der Waals surface area contributed by atoms with Crippen LogP contribution < -0.4 is 4.90 Å². The molecular weight excluding hydrogens is 743 g/mol. The Hall–Kier alpha value is -7.52. The van der Waals surface area contributed by atoms with Gasteiger partial charge in [-0.1, -0.05) is 200 Å². The molecule has 0 aliphatic heterocycles. The molecule has 0 N–H and O–H groups in total. The van der Waals surface area contributed by atoms with Gasteiger partial charge in [0.15, 0.2) is 0 Å². The fourth-order valence-corrected chi connectivity index (χ4v) is 10.8. The van der Waals surface area contributed by atoms with Crippen molar-refractivity contribution in [1.29, 1.82) is 0 Å². The van der Waals surface area contributed by atoms with Crippen LogP contribution in [0.15, 0.2) is 224 Å². The highest BCUT2D eigenvalue weighted by Crippen LogP contribution is 2.50. The van der Waals surface area contributed by atoms with Gasteiger partial charge < -0.3 is 4.90 Å². The third-order valence-electron chi connectivity index (χ3n) is 12.3. The summed E-state index contributed by atoms with van der Waals surface area (Å²) in [5.41, 5.74) is 10.7. The molecule has 0 spiro atoms. The van der Waals surface area contributed by atoms with Gasteiger partial charge in [-0.25, -0.2) is 0 Å². The number of hydrogen-bond acceptors (Lipinski definition) is 2. The molecule has 12 aromatic rings. The zero-order chi connectivity index (χ0) is 39.6. The number of nitrogens with zero attached hydrogens (tertiary/aromatic N) is 1. The average Bonchev–Trinajstić information content (AvgIpc) is 3.72. The predicted octanol–water partition coefficient (Wildman–Crippen LogP) is 17.1. The summed E-state index contributed by atoms with van der Waals surface area (Å²) in [6, 6.07) is 82.5. The summed E-state index contributed by atoms with van der Waals surface area (Å²) < 4.78 is 2.60. The van der Waals surface area contributed by atoms with Crippen molar-refractivity contribution in [2.45, 2.75) is 0 Å². The van der Waals surface area contributed by atoms with Crippen molar-refractivity contribution in [2.24, 2.45) is 0 Å². The molecule has 0 saturated carbocycles. The zero-order valence-corrected chi connectivity index (χ0v) is 33.5. The fourth-order valence-electron chi connectivity index (χ4n) is 9.46. The van der Waals surface area contributed by atoms with E-state index >= 15 is 0 Å². The normalized spacial score (nSPS) is 11.7. The molecule has 2 heteroatoms. The lowest BCUT2D eigenvalue weighted by Gasteiger charge is -2.30. The number of fused-ring (bicyclic) bond motifs is 9. The van der Waals surface area contributed by atoms with E-state index in [4.69, 9.17) is 0 Å². The smallest absolute Gasteiger partial charge is 0.0640 e. The SMILES string of the molecule is c1ccc(-c2ccc(N(c3ccccc3-c3ccc(-c4cc5ccccc5c5ccccc45)cc3)c3cccc4c3sc3c5ccccc5ccc43)c3ccccc23)cc1.